The Morgan fingerprint density at radius 1 is 1.11 bits per heavy atom. The molecular weight excluding hydrogens is 378 g/mol. The van der Waals surface area contributed by atoms with Crippen molar-refractivity contribution >= 4 is 21.8 Å². The van der Waals surface area contributed by atoms with Gasteiger partial charge in [0.2, 0.25) is 15.8 Å². The molecule has 0 saturated heterocycles. The second-order valence-corrected chi connectivity index (χ2v) is 8.60. The smallest absolute Gasteiger partial charge is 0.338 e. The average Bonchev–Trinajstić information content (AvgIpc) is 3.50. The molecule has 0 aromatic heterocycles. The van der Waals surface area contributed by atoms with E-state index in [2.05, 4.69) is 4.72 Å². The van der Waals surface area contributed by atoms with Gasteiger partial charge in [0, 0.05) is 11.6 Å². The number of hydrogen-bond donors (Lipinski definition) is 1. The van der Waals surface area contributed by atoms with Crippen LogP contribution in [0.2, 0.25) is 0 Å². The summed E-state index contributed by atoms with van der Waals surface area (Å²) in [5.74, 6) is -1.05. The van der Waals surface area contributed by atoms with Gasteiger partial charge in [-0.3, -0.25) is 4.79 Å². The number of carbonyl (C=O) groups excluding carboxylic acids is 2. The highest BCUT2D eigenvalue weighted by molar-refractivity contribution is 7.89. The quantitative estimate of drug-likeness (QED) is 0.542. The number of nitrogens with one attached hydrogen (secondary N) is 1. The Hall–Kier alpha value is -2.51. The third-order valence-corrected chi connectivity index (χ3v) is 6.10. The van der Waals surface area contributed by atoms with E-state index in [1.807, 2.05) is 19.1 Å². The van der Waals surface area contributed by atoms with Gasteiger partial charge in [0.15, 0.2) is 6.10 Å². The van der Waals surface area contributed by atoms with Gasteiger partial charge in [-0.15, -0.1) is 0 Å². The Bertz CT molecular complexity index is 978. The van der Waals surface area contributed by atoms with E-state index in [-0.39, 0.29) is 22.3 Å². The number of carbonyl (C=O) groups is 2. The van der Waals surface area contributed by atoms with E-state index in [0.29, 0.717) is 5.56 Å². The van der Waals surface area contributed by atoms with Crippen molar-refractivity contribution in [3.8, 4) is 0 Å². The lowest BCUT2D eigenvalue weighted by Crippen LogP contribution is -2.26. The Morgan fingerprint density at radius 3 is 2.39 bits per heavy atom. The van der Waals surface area contributed by atoms with Crippen molar-refractivity contribution in [2.24, 2.45) is 0 Å². The van der Waals surface area contributed by atoms with Crippen LogP contribution in [0.1, 0.15) is 53.0 Å². The molecule has 0 radical (unpaired) electrons. The molecule has 0 heterocycles. The Balaban J connectivity index is 1.69. The molecule has 28 heavy (non-hydrogen) atoms. The number of Topliss-reactive ketones (excluding diaryl/α,β-unsaturated/α-hetero) is 1. The molecular formula is C21H23NO5S. The van der Waals surface area contributed by atoms with Crippen molar-refractivity contribution < 1.29 is 22.7 Å². The topological polar surface area (TPSA) is 89.5 Å². The fraction of sp³-hybridized carbons (Fsp3) is 0.333. The van der Waals surface area contributed by atoms with Crippen LogP contribution >= 0.6 is 0 Å². The molecule has 1 aliphatic rings. The molecule has 2 aromatic rings. The van der Waals surface area contributed by atoms with Gasteiger partial charge in [-0.2, -0.15) is 0 Å². The lowest BCUT2D eigenvalue weighted by atomic mass is 10.0. The van der Waals surface area contributed by atoms with Crippen molar-refractivity contribution in [3.05, 3.63) is 65.2 Å². The molecule has 0 spiro atoms. The summed E-state index contributed by atoms with van der Waals surface area (Å²) in [7, 11) is -3.67. The second-order valence-electron chi connectivity index (χ2n) is 6.89. The van der Waals surface area contributed by atoms with Gasteiger partial charge in [-0.1, -0.05) is 37.3 Å². The fourth-order valence-electron chi connectivity index (χ4n) is 2.70. The van der Waals surface area contributed by atoms with Gasteiger partial charge in [0.25, 0.3) is 0 Å². The Morgan fingerprint density at radius 2 is 1.79 bits per heavy atom. The van der Waals surface area contributed by atoms with E-state index < -0.39 is 22.1 Å². The minimum Gasteiger partial charge on any atom is -0.451 e. The molecule has 0 bridgehead atoms. The summed E-state index contributed by atoms with van der Waals surface area (Å²) < 4.78 is 32.5. The first-order valence-electron chi connectivity index (χ1n) is 9.26. The van der Waals surface area contributed by atoms with Gasteiger partial charge in [-0.05, 0) is 49.9 Å². The fourth-order valence-corrected chi connectivity index (χ4v) is 4.05. The third-order valence-electron chi connectivity index (χ3n) is 4.58. The minimum absolute atomic E-state index is 0.00276. The largest absolute Gasteiger partial charge is 0.451 e. The minimum atomic E-state index is -3.67. The predicted molar refractivity (Wildman–Crippen MR) is 105 cm³/mol. The van der Waals surface area contributed by atoms with E-state index in [0.717, 1.165) is 24.8 Å². The highest BCUT2D eigenvalue weighted by Gasteiger charge is 2.28. The molecule has 1 fully saturated rings. The van der Waals surface area contributed by atoms with Gasteiger partial charge < -0.3 is 4.74 Å². The van der Waals surface area contributed by atoms with Crippen LogP contribution in [0.15, 0.2) is 53.4 Å². The first-order chi connectivity index (χ1) is 13.3. The Kier molecular flexibility index (Phi) is 5.96. The maximum Gasteiger partial charge on any atom is 0.338 e. The van der Waals surface area contributed by atoms with Gasteiger partial charge in [0.05, 0.1) is 10.5 Å². The SMILES string of the molecule is CCc1ccc(C(=O)C(C)OC(=O)c2cccc(S(=O)(=O)NC3CC3)c2)cc1. The molecule has 1 saturated carbocycles. The number of ketones is 1. The molecule has 1 unspecified atom stereocenters. The third kappa shape index (κ3) is 4.85. The molecule has 148 valence electrons. The average molecular weight is 401 g/mol. The molecule has 1 N–H and O–H groups in total. The predicted octanol–water partition coefficient (Wildman–Crippen LogP) is 3.12. The number of benzene rings is 2. The summed E-state index contributed by atoms with van der Waals surface area (Å²) in [5.41, 5.74) is 1.65. The zero-order valence-electron chi connectivity index (χ0n) is 15.8. The number of aryl methyl sites for hydroxylation is 1. The normalized spacial score (nSPS) is 15.1. The van der Waals surface area contributed by atoms with Gasteiger partial charge >= 0.3 is 5.97 Å². The summed E-state index contributed by atoms with van der Waals surface area (Å²) in [6, 6.07) is 12.7. The molecule has 0 amide bonds. The monoisotopic (exact) mass is 401 g/mol. The molecule has 6 nitrogen and oxygen atoms in total. The Labute approximate surface area is 165 Å². The van der Waals surface area contributed by atoms with Crippen molar-refractivity contribution in [1.29, 1.82) is 0 Å². The number of hydrogen-bond acceptors (Lipinski definition) is 5. The molecule has 2 aromatic carbocycles. The number of sulfonamides is 1. The lowest BCUT2D eigenvalue weighted by molar-refractivity contribution is 0.0318. The summed E-state index contributed by atoms with van der Waals surface area (Å²) in [6.45, 7) is 3.53. The summed E-state index contributed by atoms with van der Waals surface area (Å²) >= 11 is 0. The van der Waals surface area contributed by atoms with Crippen LogP contribution in [0.5, 0.6) is 0 Å². The van der Waals surface area contributed by atoms with Crippen LogP contribution < -0.4 is 4.72 Å². The molecule has 1 atom stereocenters. The highest BCUT2D eigenvalue weighted by atomic mass is 32.2. The van der Waals surface area contributed by atoms with Crippen LogP contribution in [0, 0.1) is 0 Å². The number of esters is 1. The van der Waals surface area contributed by atoms with E-state index in [9.17, 15) is 18.0 Å². The van der Waals surface area contributed by atoms with Crippen LogP contribution in [-0.2, 0) is 21.2 Å². The first kappa shape index (κ1) is 20.2. The van der Waals surface area contributed by atoms with Crippen LogP contribution in [0.25, 0.3) is 0 Å². The maximum atomic E-state index is 12.5. The van der Waals surface area contributed by atoms with Crippen LogP contribution in [0.3, 0.4) is 0 Å². The summed E-state index contributed by atoms with van der Waals surface area (Å²) in [5, 5.41) is 0. The van der Waals surface area contributed by atoms with Crippen molar-refractivity contribution in [2.45, 2.75) is 50.2 Å². The van der Waals surface area contributed by atoms with Crippen LogP contribution in [0.4, 0.5) is 0 Å². The van der Waals surface area contributed by atoms with E-state index in [4.69, 9.17) is 4.74 Å². The van der Waals surface area contributed by atoms with Crippen molar-refractivity contribution in [1.82, 2.24) is 4.72 Å². The van der Waals surface area contributed by atoms with Crippen molar-refractivity contribution in [3.63, 3.8) is 0 Å². The van der Waals surface area contributed by atoms with Gasteiger partial charge in [0.1, 0.15) is 0 Å². The highest BCUT2D eigenvalue weighted by Crippen LogP contribution is 2.22. The molecule has 3 rings (SSSR count). The molecule has 1 aliphatic carbocycles. The first-order valence-corrected chi connectivity index (χ1v) is 10.7. The zero-order chi connectivity index (χ0) is 20.3. The standard InChI is InChI=1S/C21H23NO5S/c1-3-15-7-9-16(10-8-15)20(23)14(2)27-21(24)17-5-4-6-19(13-17)28(25,26)22-18-11-12-18/h4-10,13-14,18,22H,3,11-12H2,1-2H3. The zero-order valence-corrected chi connectivity index (χ0v) is 16.7. The maximum absolute atomic E-state index is 12.5. The van der Waals surface area contributed by atoms with E-state index >= 15 is 0 Å². The van der Waals surface area contributed by atoms with E-state index in [1.165, 1.54) is 31.2 Å². The lowest BCUT2D eigenvalue weighted by Gasteiger charge is -2.13. The number of rotatable bonds is 8. The molecule has 7 heteroatoms. The van der Waals surface area contributed by atoms with E-state index in [1.54, 1.807) is 12.1 Å². The summed E-state index contributed by atoms with van der Waals surface area (Å²) in [4.78, 5) is 24.9. The van der Waals surface area contributed by atoms with Crippen LogP contribution in [-0.4, -0.2) is 32.3 Å². The number of ether oxygens (including phenoxy) is 1. The molecule has 0 aliphatic heterocycles. The van der Waals surface area contributed by atoms with Gasteiger partial charge in [-0.25, -0.2) is 17.9 Å². The summed E-state index contributed by atoms with van der Waals surface area (Å²) in [6.07, 6.45) is 1.53. The second kappa shape index (κ2) is 8.24. The van der Waals surface area contributed by atoms with Crippen molar-refractivity contribution in [2.75, 3.05) is 0 Å².